The second-order valence-electron chi connectivity index (χ2n) is 6.02. The van der Waals surface area contributed by atoms with E-state index in [9.17, 15) is 14.4 Å². The maximum Gasteiger partial charge on any atom is 0.293 e. The Morgan fingerprint density at radius 2 is 1.82 bits per heavy atom. The third-order valence-electron chi connectivity index (χ3n) is 3.98. The lowest BCUT2D eigenvalue weighted by molar-refractivity contribution is -0.124. The van der Waals surface area contributed by atoms with Gasteiger partial charge in [-0.05, 0) is 41.1 Å². The first-order chi connectivity index (χ1) is 13.4. The molecule has 0 aliphatic carbocycles. The number of hydrogen-bond donors (Lipinski definition) is 1. The van der Waals surface area contributed by atoms with Crippen molar-refractivity contribution in [3.05, 3.63) is 74.6 Å². The van der Waals surface area contributed by atoms with E-state index in [1.54, 1.807) is 24.3 Å². The van der Waals surface area contributed by atoms with E-state index in [1.807, 2.05) is 30.3 Å². The second kappa shape index (κ2) is 9.28. The number of halogens is 2. The summed E-state index contributed by atoms with van der Waals surface area (Å²) >= 11 is 12.7. The second-order valence-corrected chi connectivity index (χ2v) is 7.83. The molecule has 0 unspecified atom stereocenters. The number of carbonyl (C=O) groups is 3. The highest BCUT2D eigenvalue weighted by Crippen LogP contribution is 2.31. The van der Waals surface area contributed by atoms with Crippen LogP contribution < -0.4 is 5.32 Å². The molecule has 3 rings (SSSR count). The van der Waals surface area contributed by atoms with Crippen molar-refractivity contribution in [3.63, 3.8) is 0 Å². The van der Waals surface area contributed by atoms with Gasteiger partial charge in [-0.15, -0.1) is 0 Å². The van der Waals surface area contributed by atoms with Gasteiger partial charge >= 0.3 is 0 Å². The van der Waals surface area contributed by atoms with Crippen LogP contribution in [0.4, 0.5) is 4.79 Å². The fourth-order valence-corrected chi connectivity index (χ4v) is 3.78. The SMILES string of the molecule is O=C(Cc1ccc(Cl)c(Cl)c1)NCCN1C(=O)S/C(=C\c2ccccc2)C1=O. The third-order valence-corrected chi connectivity index (χ3v) is 5.62. The molecule has 8 heteroatoms. The quantitative estimate of drug-likeness (QED) is 0.684. The number of nitrogens with one attached hydrogen (secondary N) is 1. The van der Waals surface area contributed by atoms with Crippen molar-refractivity contribution >= 4 is 58.1 Å². The zero-order valence-electron chi connectivity index (χ0n) is 14.7. The lowest BCUT2D eigenvalue weighted by Gasteiger charge is -2.13. The summed E-state index contributed by atoms with van der Waals surface area (Å²) in [5, 5.41) is 3.18. The Morgan fingerprint density at radius 3 is 2.54 bits per heavy atom. The van der Waals surface area contributed by atoms with E-state index in [1.165, 1.54) is 0 Å². The summed E-state index contributed by atoms with van der Waals surface area (Å²) in [6.07, 6.45) is 1.82. The van der Waals surface area contributed by atoms with Crippen molar-refractivity contribution in [3.8, 4) is 0 Å². The van der Waals surface area contributed by atoms with Gasteiger partial charge < -0.3 is 5.32 Å². The molecule has 0 atom stereocenters. The monoisotopic (exact) mass is 434 g/mol. The molecule has 1 N–H and O–H groups in total. The largest absolute Gasteiger partial charge is 0.354 e. The Kier molecular flexibility index (Phi) is 6.78. The van der Waals surface area contributed by atoms with Crippen LogP contribution in [0, 0.1) is 0 Å². The number of carbonyl (C=O) groups excluding carboxylic acids is 3. The van der Waals surface area contributed by atoms with Crippen molar-refractivity contribution in [1.29, 1.82) is 0 Å². The highest BCUT2D eigenvalue weighted by atomic mass is 35.5. The molecule has 28 heavy (non-hydrogen) atoms. The van der Waals surface area contributed by atoms with E-state index in [0.717, 1.165) is 27.8 Å². The maximum absolute atomic E-state index is 12.4. The molecule has 0 saturated carbocycles. The first-order valence-electron chi connectivity index (χ1n) is 8.45. The first kappa shape index (κ1) is 20.5. The van der Waals surface area contributed by atoms with Crippen LogP contribution in [0.15, 0.2) is 53.4 Å². The van der Waals surface area contributed by atoms with Gasteiger partial charge in [0.1, 0.15) is 0 Å². The normalized spacial score (nSPS) is 15.4. The molecule has 3 amide bonds. The summed E-state index contributed by atoms with van der Waals surface area (Å²) in [6, 6.07) is 14.3. The molecule has 0 spiro atoms. The zero-order chi connectivity index (χ0) is 20.1. The Morgan fingerprint density at radius 1 is 1.07 bits per heavy atom. The topological polar surface area (TPSA) is 66.5 Å². The standard InChI is InChI=1S/C20H16Cl2N2O3S/c21-15-7-6-14(10-16(15)22)12-18(25)23-8-9-24-19(26)17(28-20(24)27)11-13-4-2-1-3-5-13/h1-7,10-11H,8-9,12H2,(H,23,25)/b17-11-. The van der Waals surface area contributed by atoms with E-state index in [-0.39, 0.29) is 36.6 Å². The Bertz CT molecular complexity index is 948. The van der Waals surface area contributed by atoms with Gasteiger partial charge in [0.25, 0.3) is 11.1 Å². The summed E-state index contributed by atoms with van der Waals surface area (Å²) < 4.78 is 0. The van der Waals surface area contributed by atoms with Crippen molar-refractivity contribution < 1.29 is 14.4 Å². The summed E-state index contributed by atoms with van der Waals surface area (Å²) in [7, 11) is 0. The van der Waals surface area contributed by atoms with Crippen molar-refractivity contribution in [2.45, 2.75) is 6.42 Å². The van der Waals surface area contributed by atoms with Gasteiger partial charge in [-0.2, -0.15) is 0 Å². The number of thioether (sulfide) groups is 1. The van der Waals surface area contributed by atoms with Gasteiger partial charge in [0.2, 0.25) is 5.91 Å². The Balaban J connectivity index is 1.52. The highest BCUT2D eigenvalue weighted by Gasteiger charge is 2.34. The molecule has 0 radical (unpaired) electrons. The third kappa shape index (κ3) is 5.16. The molecule has 144 valence electrons. The summed E-state index contributed by atoms with van der Waals surface area (Å²) in [4.78, 5) is 38.1. The average molecular weight is 435 g/mol. The van der Waals surface area contributed by atoms with Crippen LogP contribution in [-0.4, -0.2) is 35.0 Å². The van der Waals surface area contributed by atoms with Crippen LogP contribution >= 0.6 is 35.0 Å². The highest BCUT2D eigenvalue weighted by molar-refractivity contribution is 8.18. The maximum atomic E-state index is 12.4. The predicted molar refractivity (Wildman–Crippen MR) is 112 cm³/mol. The molecular weight excluding hydrogens is 419 g/mol. The Labute approximate surface area is 176 Å². The van der Waals surface area contributed by atoms with E-state index in [4.69, 9.17) is 23.2 Å². The van der Waals surface area contributed by atoms with Crippen LogP contribution in [0.2, 0.25) is 10.0 Å². The minimum Gasteiger partial charge on any atom is -0.354 e. The number of benzene rings is 2. The lowest BCUT2D eigenvalue weighted by Crippen LogP contribution is -2.37. The molecule has 2 aromatic carbocycles. The zero-order valence-corrected chi connectivity index (χ0v) is 17.0. The Hall–Kier alpha value is -2.28. The molecule has 2 aromatic rings. The number of nitrogens with zero attached hydrogens (tertiary/aromatic N) is 1. The van der Waals surface area contributed by atoms with Gasteiger partial charge in [0.15, 0.2) is 0 Å². The van der Waals surface area contributed by atoms with Crippen LogP contribution in [0.25, 0.3) is 6.08 Å². The van der Waals surface area contributed by atoms with Crippen molar-refractivity contribution in [1.82, 2.24) is 10.2 Å². The molecule has 0 aromatic heterocycles. The number of amides is 3. The van der Waals surface area contributed by atoms with Gasteiger partial charge in [0.05, 0.1) is 21.4 Å². The fourth-order valence-electron chi connectivity index (χ4n) is 2.60. The van der Waals surface area contributed by atoms with E-state index in [0.29, 0.717) is 15.0 Å². The lowest BCUT2D eigenvalue weighted by atomic mass is 10.1. The minimum absolute atomic E-state index is 0.115. The molecule has 1 heterocycles. The number of hydrogen-bond acceptors (Lipinski definition) is 4. The smallest absolute Gasteiger partial charge is 0.293 e. The van der Waals surface area contributed by atoms with Crippen LogP contribution in [0.3, 0.4) is 0 Å². The van der Waals surface area contributed by atoms with Crippen LogP contribution in [0.5, 0.6) is 0 Å². The van der Waals surface area contributed by atoms with Gasteiger partial charge in [-0.25, -0.2) is 0 Å². The molecular formula is C20H16Cl2N2O3S. The summed E-state index contributed by atoms with van der Waals surface area (Å²) in [5.41, 5.74) is 1.58. The van der Waals surface area contributed by atoms with Crippen LogP contribution in [-0.2, 0) is 16.0 Å². The molecule has 5 nitrogen and oxygen atoms in total. The van der Waals surface area contributed by atoms with Crippen molar-refractivity contribution in [2.24, 2.45) is 0 Å². The minimum atomic E-state index is -0.349. The predicted octanol–water partition coefficient (Wildman–Crippen LogP) is 4.39. The fraction of sp³-hybridized carbons (Fsp3) is 0.150. The molecule has 1 aliphatic heterocycles. The summed E-state index contributed by atoms with van der Waals surface area (Å²) in [6.45, 7) is 0.292. The summed E-state index contributed by atoms with van der Waals surface area (Å²) in [5.74, 6) is -0.581. The molecule has 1 fully saturated rings. The van der Waals surface area contributed by atoms with Gasteiger partial charge in [-0.3, -0.25) is 19.3 Å². The van der Waals surface area contributed by atoms with Crippen molar-refractivity contribution in [2.75, 3.05) is 13.1 Å². The van der Waals surface area contributed by atoms with E-state index < -0.39 is 0 Å². The molecule has 1 saturated heterocycles. The molecule has 1 aliphatic rings. The van der Waals surface area contributed by atoms with Gasteiger partial charge in [-0.1, -0.05) is 59.6 Å². The average Bonchev–Trinajstić information content (AvgIpc) is 2.93. The molecule has 0 bridgehead atoms. The number of imide groups is 1. The first-order valence-corrected chi connectivity index (χ1v) is 10.0. The van der Waals surface area contributed by atoms with E-state index >= 15 is 0 Å². The van der Waals surface area contributed by atoms with Gasteiger partial charge in [0, 0.05) is 13.1 Å². The van der Waals surface area contributed by atoms with Crippen LogP contribution in [0.1, 0.15) is 11.1 Å². The van der Waals surface area contributed by atoms with E-state index in [2.05, 4.69) is 5.32 Å². The number of rotatable bonds is 6.